The van der Waals surface area contributed by atoms with Crippen LogP contribution in [0.1, 0.15) is 39.0 Å². The summed E-state index contributed by atoms with van der Waals surface area (Å²) in [6.07, 6.45) is 2.41. The van der Waals surface area contributed by atoms with Gasteiger partial charge in [0.15, 0.2) is 0 Å². The molecule has 0 aliphatic rings. The van der Waals surface area contributed by atoms with Gasteiger partial charge < -0.3 is 5.32 Å². The predicted octanol–water partition coefficient (Wildman–Crippen LogP) is 2.34. The Hall–Kier alpha value is -1.34. The third-order valence-electron chi connectivity index (χ3n) is 4.15. The number of hydrogen-bond donors (Lipinski definition) is 2. The largest absolute Gasteiger partial charge is 0.316 e. The van der Waals surface area contributed by atoms with Crippen LogP contribution in [0.4, 0.5) is 0 Å². The summed E-state index contributed by atoms with van der Waals surface area (Å²) in [5.74, 6) is 1.84. The van der Waals surface area contributed by atoms with Crippen LogP contribution < -0.4 is 5.32 Å². The zero-order valence-corrected chi connectivity index (χ0v) is 12.0. The second-order valence-corrected chi connectivity index (χ2v) is 5.44. The Morgan fingerprint density at radius 2 is 2.00 bits per heavy atom. The summed E-state index contributed by atoms with van der Waals surface area (Å²) >= 11 is 0. The number of nitrogens with zero attached hydrogens (tertiary/aromatic N) is 2. The Bertz CT molecular complexity index is 402. The lowest BCUT2D eigenvalue weighted by atomic mass is 9.80. The average Bonchev–Trinajstić information content (AvgIpc) is 2.81. The summed E-state index contributed by atoms with van der Waals surface area (Å²) in [5, 5.41) is 19.2. The van der Waals surface area contributed by atoms with Crippen molar-refractivity contribution < 1.29 is 0 Å². The molecule has 18 heavy (non-hydrogen) atoms. The smallest absolute Gasteiger partial charge is 0.103 e. The van der Waals surface area contributed by atoms with E-state index in [9.17, 15) is 0 Å². The van der Waals surface area contributed by atoms with Crippen LogP contribution >= 0.6 is 0 Å². The van der Waals surface area contributed by atoms with E-state index in [2.05, 4.69) is 49.3 Å². The minimum atomic E-state index is 0.356. The molecule has 1 aromatic rings. The maximum atomic E-state index is 9.00. The lowest BCUT2D eigenvalue weighted by Gasteiger charge is -2.31. The highest BCUT2D eigenvalue weighted by Gasteiger charge is 2.25. The van der Waals surface area contributed by atoms with Crippen molar-refractivity contribution in [2.45, 2.75) is 40.2 Å². The summed E-state index contributed by atoms with van der Waals surface area (Å²) in [4.78, 5) is 0. The quantitative estimate of drug-likeness (QED) is 0.812. The molecule has 100 valence electrons. The van der Waals surface area contributed by atoms with Crippen molar-refractivity contribution in [1.82, 2.24) is 15.5 Å². The highest BCUT2D eigenvalue weighted by Crippen LogP contribution is 2.24. The summed E-state index contributed by atoms with van der Waals surface area (Å²) in [6.45, 7) is 9.07. The van der Waals surface area contributed by atoms with Gasteiger partial charge in [-0.25, -0.2) is 0 Å². The monoisotopic (exact) mass is 248 g/mol. The standard InChI is InChI=1S/C14H24N4/c1-9(2)10(3)11(4)13(16-5)6-14-12(7-15)8-17-18-14/h8-11,13,16H,6H2,1-5H3,(H,17,18)/t10-,11-,13?/m1/s1. The fourth-order valence-electron chi connectivity index (χ4n) is 2.31. The Morgan fingerprint density at radius 3 is 2.50 bits per heavy atom. The Kier molecular flexibility index (Phi) is 5.36. The van der Waals surface area contributed by atoms with Crippen LogP contribution in [0.5, 0.6) is 0 Å². The number of hydrogen-bond acceptors (Lipinski definition) is 3. The molecule has 0 saturated carbocycles. The van der Waals surface area contributed by atoms with E-state index in [-0.39, 0.29) is 0 Å². The van der Waals surface area contributed by atoms with Crippen molar-refractivity contribution in [3.63, 3.8) is 0 Å². The van der Waals surface area contributed by atoms with E-state index in [1.54, 1.807) is 6.20 Å². The van der Waals surface area contributed by atoms with Crippen molar-refractivity contribution in [1.29, 1.82) is 5.26 Å². The van der Waals surface area contributed by atoms with Crippen molar-refractivity contribution in [2.24, 2.45) is 17.8 Å². The van der Waals surface area contributed by atoms with Crippen molar-refractivity contribution in [2.75, 3.05) is 7.05 Å². The van der Waals surface area contributed by atoms with Gasteiger partial charge in [-0.3, -0.25) is 5.10 Å². The minimum absolute atomic E-state index is 0.356. The third kappa shape index (κ3) is 3.33. The zero-order valence-electron chi connectivity index (χ0n) is 12.0. The number of H-pyrrole nitrogens is 1. The van der Waals surface area contributed by atoms with E-state index >= 15 is 0 Å². The van der Waals surface area contributed by atoms with Gasteiger partial charge in [-0.05, 0) is 24.8 Å². The van der Waals surface area contributed by atoms with Crippen LogP contribution in [0.3, 0.4) is 0 Å². The van der Waals surface area contributed by atoms with E-state index in [0.717, 1.165) is 12.1 Å². The molecule has 0 aliphatic carbocycles. The predicted molar refractivity (Wildman–Crippen MR) is 73.0 cm³/mol. The van der Waals surface area contributed by atoms with Crippen LogP contribution in [-0.4, -0.2) is 23.3 Å². The number of likely N-dealkylation sites (N-methyl/N-ethyl adjacent to an activating group) is 1. The van der Waals surface area contributed by atoms with Gasteiger partial charge in [0.2, 0.25) is 0 Å². The van der Waals surface area contributed by atoms with Crippen LogP contribution in [0.15, 0.2) is 6.20 Å². The van der Waals surface area contributed by atoms with Crippen LogP contribution in [0, 0.1) is 29.1 Å². The molecule has 0 bridgehead atoms. The minimum Gasteiger partial charge on any atom is -0.316 e. The third-order valence-corrected chi connectivity index (χ3v) is 4.15. The van der Waals surface area contributed by atoms with E-state index in [1.807, 2.05) is 7.05 Å². The maximum absolute atomic E-state index is 9.00. The van der Waals surface area contributed by atoms with E-state index in [4.69, 9.17) is 5.26 Å². The molecular formula is C14H24N4. The Labute approximate surface area is 110 Å². The summed E-state index contributed by atoms with van der Waals surface area (Å²) in [5.41, 5.74) is 1.58. The summed E-state index contributed by atoms with van der Waals surface area (Å²) in [7, 11) is 1.98. The molecule has 2 N–H and O–H groups in total. The van der Waals surface area contributed by atoms with Crippen LogP contribution in [0.25, 0.3) is 0 Å². The Balaban J connectivity index is 2.76. The first-order valence-electron chi connectivity index (χ1n) is 6.60. The van der Waals surface area contributed by atoms with Crippen LogP contribution in [-0.2, 0) is 6.42 Å². The number of nitrogens with one attached hydrogen (secondary N) is 2. The molecule has 3 atom stereocenters. The van der Waals surface area contributed by atoms with Crippen molar-refractivity contribution in [3.05, 3.63) is 17.5 Å². The van der Waals surface area contributed by atoms with Gasteiger partial charge in [0.25, 0.3) is 0 Å². The van der Waals surface area contributed by atoms with Crippen molar-refractivity contribution in [3.8, 4) is 6.07 Å². The molecule has 4 heteroatoms. The normalized spacial score (nSPS) is 16.3. The maximum Gasteiger partial charge on any atom is 0.103 e. The molecular weight excluding hydrogens is 224 g/mol. The van der Waals surface area contributed by atoms with E-state index in [0.29, 0.717) is 29.4 Å². The molecule has 0 aromatic carbocycles. The SMILES string of the molecule is CNC(Cc1[nH]ncc1C#N)[C@H](C)[C@H](C)C(C)C. The zero-order chi connectivity index (χ0) is 13.7. The highest BCUT2D eigenvalue weighted by molar-refractivity contribution is 5.30. The fraction of sp³-hybridized carbons (Fsp3) is 0.714. The molecule has 1 aromatic heterocycles. The van der Waals surface area contributed by atoms with Gasteiger partial charge in [0.05, 0.1) is 17.5 Å². The second kappa shape index (κ2) is 6.55. The number of nitriles is 1. The summed E-state index contributed by atoms with van der Waals surface area (Å²) in [6, 6.07) is 2.53. The Morgan fingerprint density at radius 1 is 1.33 bits per heavy atom. The van der Waals surface area contributed by atoms with Gasteiger partial charge >= 0.3 is 0 Å². The van der Waals surface area contributed by atoms with Crippen LogP contribution in [0.2, 0.25) is 0 Å². The first kappa shape index (κ1) is 14.7. The molecule has 0 aliphatic heterocycles. The second-order valence-electron chi connectivity index (χ2n) is 5.44. The molecule has 0 radical (unpaired) electrons. The van der Waals surface area contributed by atoms with Gasteiger partial charge in [-0.2, -0.15) is 10.4 Å². The molecule has 0 fully saturated rings. The molecule has 0 amide bonds. The molecule has 1 heterocycles. The molecule has 1 rings (SSSR count). The number of rotatable bonds is 6. The summed E-state index contributed by atoms with van der Waals surface area (Å²) < 4.78 is 0. The first-order chi connectivity index (χ1) is 8.51. The average molecular weight is 248 g/mol. The van der Waals surface area contributed by atoms with Crippen molar-refractivity contribution >= 4 is 0 Å². The molecule has 4 nitrogen and oxygen atoms in total. The van der Waals surface area contributed by atoms with Gasteiger partial charge in [0, 0.05) is 12.5 Å². The number of aromatic amines is 1. The van der Waals surface area contributed by atoms with E-state index in [1.165, 1.54) is 0 Å². The van der Waals surface area contributed by atoms with Gasteiger partial charge in [-0.15, -0.1) is 0 Å². The number of aromatic nitrogens is 2. The lowest BCUT2D eigenvalue weighted by Crippen LogP contribution is -2.38. The highest BCUT2D eigenvalue weighted by atomic mass is 15.1. The first-order valence-corrected chi connectivity index (χ1v) is 6.60. The molecule has 1 unspecified atom stereocenters. The molecule has 0 saturated heterocycles. The topological polar surface area (TPSA) is 64.5 Å². The van der Waals surface area contributed by atoms with E-state index < -0.39 is 0 Å². The van der Waals surface area contributed by atoms with Gasteiger partial charge in [-0.1, -0.05) is 27.7 Å². The fourth-order valence-corrected chi connectivity index (χ4v) is 2.31. The lowest BCUT2D eigenvalue weighted by molar-refractivity contribution is 0.235. The van der Waals surface area contributed by atoms with Gasteiger partial charge in [0.1, 0.15) is 6.07 Å². The molecule has 0 spiro atoms.